The second-order valence-corrected chi connectivity index (χ2v) is 4.44. The molecular formula is C13H20N2. The predicted molar refractivity (Wildman–Crippen MR) is 63.7 cm³/mol. The van der Waals surface area contributed by atoms with Crippen LogP contribution in [0.25, 0.3) is 0 Å². The van der Waals surface area contributed by atoms with E-state index in [1.807, 2.05) is 0 Å². The topological polar surface area (TPSA) is 6.48 Å². The lowest BCUT2D eigenvalue weighted by Gasteiger charge is -2.15. The summed E-state index contributed by atoms with van der Waals surface area (Å²) in [5.41, 5.74) is 2.86. The van der Waals surface area contributed by atoms with Gasteiger partial charge in [0.1, 0.15) is 0 Å². The molecule has 1 aliphatic heterocycles. The van der Waals surface area contributed by atoms with Gasteiger partial charge in [-0.05, 0) is 24.6 Å². The summed E-state index contributed by atoms with van der Waals surface area (Å²) >= 11 is 0. The molecule has 0 N–H and O–H groups in total. The van der Waals surface area contributed by atoms with Gasteiger partial charge in [0.2, 0.25) is 0 Å². The van der Waals surface area contributed by atoms with Crippen LogP contribution < -0.4 is 0 Å². The van der Waals surface area contributed by atoms with Crippen LogP contribution >= 0.6 is 0 Å². The zero-order chi connectivity index (χ0) is 10.7. The Morgan fingerprint density at radius 1 is 1.07 bits per heavy atom. The molecule has 1 aliphatic rings. The molecule has 0 aromatic heterocycles. The van der Waals surface area contributed by atoms with Crippen LogP contribution in [0.15, 0.2) is 24.3 Å². The molecule has 2 rings (SSSR count). The van der Waals surface area contributed by atoms with Gasteiger partial charge in [-0.2, -0.15) is 0 Å². The van der Waals surface area contributed by atoms with E-state index in [0.29, 0.717) is 0 Å². The van der Waals surface area contributed by atoms with Crippen molar-refractivity contribution in [3.63, 3.8) is 0 Å². The summed E-state index contributed by atoms with van der Waals surface area (Å²) in [5.74, 6) is 0. The smallest absolute Gasteiger partial charge is 0.0507 e. The van der Waals surface area contributed by atoms with Crippen molar-refractivity contribution in [3.05, 3.63) is 35.4 Å². The SMILES string of the molecule is CCc1ccc(CN2CCN(C)C2)cc1. The summed E-state index contributed by atoms with van der Waals surface area (Å²) < 4.78 is 0. The Morgan fingerprint density at radius 3 is 2.27 bits per heavy atom. The number of hydrogen-bond donors (Lipinski definition) is 0. The third-order valence-corrected chi connectivity index (χ3v) is 3.08. The first-order valence-corrected chi connectivity index (χ1v) is 5.76. The number of nitrogens with zero attached hydrogens (tertiary/aromatic N) is 2. The first kappa shape index (κ1) is 10.7. The summed E-state index contributed by atoms with van der Waals surface area (Å²) in [4.78, 5) is 4.85. The van der Waals surface area contributed by atoms with E-state index in [0.717, 1.165) is 19.6 Å². The van der Waals surface area contributed by atoms with Gasteiger partial charge in [0.15, 0.2) is 0 Å². The Hall–Kier alpha value is -0.860. The normalized spacial score (nSPS) is 18.5. The molecule has 0 saturated carbocycles. The first-order chi connectivity index (χ1) is 7.28. The van der Waals surface area contributed by atoms with Crippen molar-refractivity contribution in [2.75, 3.05) is 26.8 Å². The van der Waals surface area contributed by atoms with Gasteiger partial charge in [0, 0.05) is 19.6 Å². The van der Waals surface area contributed by atoms with Gasteiger partial charge in [0.25, 0.3) is 0 Å². The maximum absolute atomic E-state index is 2.49. The number of hydrogen-bond acceptors (Lipinski definition) is 2. The zero-order valence-electron chi connectivity index (χ0n) is 9.74. The Kier molecular flexibility index (Phi) is 3.39. The minimum absolute atomic E-state index is 1.09. The van der Waals surface area contributed by atoms with E-state index in [1.54, 1.807) is 0 Å². The molecule has 0 amide bonds. The monoisotopic (exact) mass is 204 g/mol. The summed E-state index contributed by atoms with van der Waals surface area (Å²) in [6.07, 6.45) is 1.13. The average molecular weight is 204 g/mol. The fourth-order valence-corrected chi connectivity index (χ4v) is 2.06. The standard InChI is InChI=1S/C13H20N2/c1-3-12-4-6-13(7-5-12)10-15-9-8-14(2)11-15/h4-7H,3,8-11H2,1-2H3. The second kappa shape index (κ2) is 4.77. The van der Waals surface area contributed by atoms with Crippen molar-refractivity contribution in [3.8, 4) is 0 Å². The number of benzene rings is 1. The molecular weight excluding hydrogens is 184 g/mol. The van der Waals surface area contributed by atoms with Gasteiger partial charge in [-0.25, -0.2) is 0 Å². The highest BCUT2D eigenvalue weighted by Crippen LogP contribution is 2.10. The highest BCUT2D eigenvalue weighted by Gasteiger charge is 2.15. The molecule has 0 unspecified atom stereocenters. The van der Waals surface area contributed by atoms with Crippen LogP contribution in [0.5, 0.6) is 0 Å². The molecule has 0 spiro atoms. The molecule has 2 heteroatoms. The molecule has 1 aromatic rings. The molecule has 0 bridgehead atoms. The van der Waals surface area contributed by atoms with E-state index >= 15 is 0 Å². The largest absolute Gasteiger partial charge is 0.292 e. The number of rotatable bonds is 3. The lowest BCUT2D eigenvalue weighted by atomic mass is 10.1. The van der Waals surface area contributed by atoms with Crippen LogP contribution in [0.3, 0.4) is 0 Å². The van der Waals surface area contributed by atoms with E-state index in [9.17, 15) is 0 Å². The van der Waals surface area contributed by atoms with Crippen LogP contribution in [0, 0.1) is 0 Å². The fourth-order valence-electron chi connectivity index (χ4n) is 2.06. The molecule has 1 heterocycles. The van der Waals surface area contributed by atoms with Crippen LogP contribution in [0.4, 0.5) is 0 Å². The van der Waals surface area contributed by atoms with Crippen molar-refractivity contribution in [1.82, 2.24) is 9.80 Å². The van der Waals surface area contributed by atoms with Crippen molar-refractivity contribution in [1.29, 1.82) is 0 Å². The molecule has 1 fully saturated rings. The molecule has 0 radical (unpaired) electrons. The highest BCUT2D eigenvalue weighted by atomic mass is 15.4. The molecule has 15 heavy (non-hydrogen) atoms. The molecule has 0 aliphatic carbocycles. The Bertz CT molecular complexity index is 305. The van der Waals surface area contributed by atoms with E-state index < -0.39 is 0 Å². The van der Waals surface area contributed by atoms with Gasteiger partial charge < -0.3 is 0 Å². The lowest BCUT2D eigenvalue weighted by molar-refractivity contribution is 0.268. The fraction of sp³-hybridized carbons (Fsp3) is 0.538. The van der Waals surface area contributed by atoms with E-state index in [1.165, 1.54) is 24.2 Å². The molecule has 1 aromatic carbocycles. The maximum Gasteiger partial charge on any atom is 0.0507 e. The first-order valence-electron chi connectivity index (χ1n) is 5.76. The van der Waals surface area contributed by atoms with Crippen LogP contribution in [-0.4, -0.2) is 36.6 Å². The Labute approximate surface area is 92.5 Å². The van der Waals surface area contributed by atoms with Crippen LogP contribution in [0.1, 0.15) is 18.1 Å². The van der Waals surface area contributed by atoms with Gasteiger partial charge in [-0.15, -0.1) is 0 Å². The predicted octanol–water partition coefficient (Wildman–Crippen LogP) is 1.95. The third-order valence-electron chi connectivity index (χ3n) is 3.08. The molecule has 0 atom stereocenters. The second-order valence-electron chi connectivity index (χ2n) is 4.44. The molecule has 2 nitrogen and oxygen atoms in total. The van der Waals surface area contributed by atoms with Crippen molar-refractivity contribution in [2.24, 2.45) is 0 Å². The summed E-state index contributed by atoms with van der Waals surface area (Å²) in [5, 5.41) is 0. The van der Waals surface area contributed by atoms with Gasteiger partial charge >= 0.3 is 0 Å². The highest BCUT2D eigenvalue weighted by molar-refractivity contribution is 5.22. The van der Waals surface area contributed by atoms with E-state index in [-0.39, 0.29) is 0 Å². The lowest BCUT2D eigenvalue weighted by Crippen LogP contribution is -2.22. The van der Waals surface area contributed by atoms with Crippen molar-refractivity contribution in [2.45, 2.75) is 19.9 Å². The van der Waals surface area contributed by atoms with Gasteiger partial charge in [-0.3, -0.25) is 9.80 Å². The van der Waals surface area contributed by atoms with Crippen molar-refractivity contribution >= 4 is 0 Å². The zero-order valence-corrected chi connectivity index (χ0v) is 9.74. The average Bonchev–Trinajstić information content (AvgIpc) is 2.65. The maximum atomic E-state index is 2.49. The minimum atomic E-state index is 1.09. The summed E-state index contributed by atoms with van der Waals surface area (Å²) in [7, 11) is 2.18. The van der Waals surface area contributed by atoms with Crippen LogP contribution in [-0.2, 0) is 13.0 Å². The quantitative estimate of drug-likeness (QED) is 0.742. The summed E-state index contributed by atoms with van der Waals surface area (Å²) in [6.45, 7) is 6.80. The van der Waals surface area contributed by atoms with Gasteiger partial charge in [0.05, 0.1) is 6.67 Å². The Morgan fingerprint density at radius 2 is 1.73 bits per heavy atom. The van der Waals surface area contributed by atoms with Gasteiger partial charge in [-0.1, -0.05) is 31.2 Å². The molecule has 1 saturated heterocycles. The minimum Gasteiger partial charge on any atom is -0.292 e. The van der Waals surface area contributed by atoms with E-state index in [4.69, 9.17) is 0 Å². The summed E-state index contributed by atoms with van der Waals surface area (Å²) in [6, 6.07) is 9.01. The number of aryl methyl sites for hydroxylation is 1. The molecule has 82 valence electrons. The van der Waals surface area contributed by atoms with Crippen LogP contribution in [0.2, 0.25) is 0 Å². The Balaban J connectivity index is 1.93. The third kappa shape index (κ3) is 2.80. The number of likely N-dealkylation sites (N-methyl/N-ethyl adjacent to an activating group) is 1. The van der Waals surface area contributed by atoms with Crippen molar-refractivity contribution < 1.29 is 0 Å². The van der Waals surface area contributed by atoms with E-state index in [2.05, 4.69) is 48.0 Å².